The molecule has 3 aromatic rings. The van der Waals surface area contributed by atoms with Crippen LogP contribution in [0, 0.1) is 0 Å². The van der Waals surface area contributed by atoms with Crippen LogP contribution in [0.2, 0.25) is 0 Å². The maximum Gasteiger partial charge on any atom is 0.172 e. The Morgan fingerprint density at radius 1 is 1.18 bits per heavy atom. The van der Waals surface area contributed by atoms with E-state index in [4.69, 9.17) is 4.74 Å². The normalized spacial score (nSPS) is 17.9. The summed E-state index contributed by atoms with van der Waals surface area (Å²) >= 11 is 0. The molecular formula is C17H15N3O2. The Labute approximate surface area is 127 Å². The van der Waals surface area contributed by atoms with Gasteiger partial charge in [-0.3, -0.25) is 4.79 Å². The topological polar surface area (TPSA) is 57.0 Å². The predicted octanol–water partition coefficient (Wildman–Crippen LogP) is 3.08. The molecule has 0 radical (unpaired) electrons. The van der Waals surface area contributed by atoms with Crippen LogP contribution in [0.15, 0.2) is 42.5 Å². The fraction of sp³-hybridized carbons (Fsp3) is 0.235. The van der Waals surface area contributed by atoms with Gasteiger partial charge in [-0.2, -0.15) is 0 Å². The van der Waals surface area contributed by atoms with Crippen molar-refractivity contribution in [1.82, 2.24) is 15.0 Å². The predicted molar refractivity (Wildman–Crippen MR) is 82.2 cm³/mol. The highest BCUT2D eigenvalue weighted by Gasteiger charge is 2.27. The number of carbonyl (C=O) groups is 1. The number of benzene rings is 2. The summed E-state index contributed by atoms with van der Waals surface area (Å²) in [5.41, 5.74) is 2.04. The van der Waals surface area contributed by atoms with Gasteiger partial charge < -0.3 is 4.74 Å². The van der Waals surface area contributed by atoms with E-state index in [-0.39, 0.29) is 6.10 Å². The van der Waals surface area contributed by atoms with Crippen molar-refractivity contribution in [2.75, 3.05) is 6.61 Å². The summed E-state index contributed by atoms with van der Waals surface area (Å²) in [5, 5.41) is 10.4. The van der Waals surface area contributed by atoms with E-state index < -0.39 is 0 Å². The summed E-state index contributed by atoms with van der Waals surface area (Å²) in [7, 11) is 0. The van der Waals surface area contributed by atoms with Crippen molar-refractivity contribution in [2.24, 2.45) is 0 Å². The van der Waals surface area contributed by atoms with Crippen molar-refractivity contribution in [3.05, 3.63) is 53.9 Å². The average molecular weight is 293 g/mol. The van der Waals surface area contributed by atoms with Gasteiger partial charge in [-0.1, -0.05) is 41.6 Å². The molecule has 1 aliphatic rings. The average Bonchev–Trinajstić information content (AvgIpc) is 3.23. The minimum atomic E-state index is -0.117. The Bertz CT molecular complexity index is 830. The number of hydrogen-bond acceptors (Lipinski definition) is 4. The Balaban J connectivity index is 1.95. The van der Waals surface area contributed by atoms with E-state index in [0.29, 0.717) is 12.3 Å². The lowest BCUT2D eigenvalue weighted by molar-refractivity contribution is 0.102. The molecule has 1 aliphatic heterocycles. The molecule has 5 nitrogen and oxygen atoms in total. The first-order valence-electron chi connectivity index (χ1n) is 7.39. The van der Waals surface area contributed by atoms with Crippen LogP contribution in [0.5, 0.6) is 0 Å². The van der Waals surface area contributed by atoms with E-state index in [0.717, 1.165) is 41.3 Å². The number of aromatic nitrogens is 3. The molecule has 0 aliphatic carbocycles. The second-order valence-electron chi connectivity index (χ2n) is 5.39. The van der Waals surface area contributed by atoms with Gasteiger partial charge in [0, 0.05) is 12.0 Å². The van der Waals surface area contributed by atoms with Crippen LogP contribution in [-0.2, 0) is 4.74 Å². The molecule has 0 N–H and O–H groups in total. The summed E-state index contributed by atoms with van der Waals surface area (Å²) in [4.78, 5) is 11.3. The van der Waals surface area contributed by atoms with Gasteiger partial charge in [-0.25, -0.2) is 4.68 Å². The van der Waals surface area contributed by atoms with Gasteiger partial charge in [-0.15, -0.1) is 5.10 Å². The minimum Gasteiger partial charge on any atom is -0.372 e. The molecule has 0 saturated carbocycles. The molecule has 22 heavy (non-hydrogen) atoms. The molecular weight excluding hydrogens is 278 g/mol. The van der Waals surface area contributed by atoms with Crippen molar-refractivity contribution in [1.29, 1.82) is 0 Å². The first-order chi connectivity index (χ1) is 10.9. The van der Waals surface area contributed by atoms with E-state index in [1.807, 2.05) is 30.3 Å². The highest BCUT2D eigenvalue weighted by Crippen LogP contribution is 2.32. The van der Waals surface area contributed by atoms with Gasteiger partial charge in [-0.05, 0) is 24.3 Å². The van der Waals surface area contributed by atoms with Crippen molar-refractivity contribution < 1.29 is 9.53 Å². The lowest BCUT2D eigenvalue weighted by Gasteiger charge is -2.14. The van der Waals surface area contributed by atoms with Crippen LogP contribution in [0.25, 0.3) is 16.5 Å². The first kappa shape index (κ1) is 13.2. The Morgan fingerprint density at radius 3 is 2.86 bits per heavy atom. The molecule has 1 fully saturated rings. The smallest absolute Gasteiger partial charge is 0.172 e. The second kappa shape index (κ2) is 5.35. The van der Waals surface area contributed by atoms with Crippen molar-refractivity contribution in [3.63, 3.8) is 0 Å². The second-order valence-corrected chi connectivity index (χ2v) is 5.39. The number of fused-ring (bicyclic) bond motifs is 1. The molecule has 5 heteroatoms. The quantitative estimate of drug-likeness (QED) is 0.696. The fourth-order valence-corrected chi connectivity index (χ4v) is 3.05. The minimum absolute atomic E-state index is 0.117. The van der Waals surface area contributed by atoms with E-state index >= 15 is 0 Å². The molecule has 0 amide bonds. The lowest BCUT2D eigenvalue weighted by Crippen LogP contribution is -2.09. The molecule has 0 spiro atoms. The molecule has 0 bridgehead atoms. The molecule has 2 aromatic carbocycles. The molecule has 2 heterocycles. The van der Waals surface area contributed by atoms with Crippen LogP contribution in [-0.4, -0.2) is 27.9 Å². The van der Waals surface area contributed by atoms with E-state index in [2.05, 4.69) is 22.4 Å². The van der Waals surface area contributed by atoms with E-state index in [1.54, 1.807) is 4.68 Å². The lowest BCUT2D eigenvalue weighted by atomic mass is 10.1. The SMILES string of the molecule is O=Cc1nnn(-c2cccc3ccccc23)c1C1CCCO1. The van der Waals surface area contributed by atoms with Gasteiger partial charge in [0.1, 0.15) is 11.8 Å². The number of aldehydes is 1. The standard InChI is InChI=1S/C17H15N3O2/c21-11-14-17(16-9-4-10-22-16)20(19-18-14)15-8-3-6-12-5-1-2-7-13(12)15/h1-3,5-8,11,16H,4,9-10H2. The van der Waals surface area contributed by atoms with Gasteiger partial charge in [0.2, 0.25) is 0 Å². The first-order valence-corrected chi connectivity index (χ1v) is 7.39. The molecule has 1 atom stereocenters. The van der Waals surface area contributed by atoms with Crippen LogP contribution in [0.3, 0.4) is 0 Å². The number of hydrogen-bond donors (Lipinski definition) is 0. The van der Waals surface area contributed by atoms with Crippen LogP contribution in [0.4, 0.5) is 0 Å². The van der Waals surface area contributed by atoms with Crippen LogP contribution >= 0.6 is 0 Å². The number of ether oxygens (including phenoxy) is 1. The molecule has 110 valence electrons. The molecule has 1 unspecified atom stereocenters. The number of carbonyl (C=O) groups excluding carboxylic acids is 1. The van der Waals surface area contributed by atoms with E-state index in [1.165, 1.54) is 0 Å². The highest BCUT2D eigenvalue weighted by atomic mass is 16.5. The van der Waals surface area contributed by atoms with Gasteiger partial charge in [0.25, 0.3) is 0 Å². The van der Waals surface area contributed by atoms with Crippen LogP contribution in [0.1, 0.15) is 35.1 Å². The van der Waals surface area contributed by atoms with Gasteiger partial charge >= 0.3 is 0 Å². The Hall–Kier alpha value is -2.53. The fourth-order valence-electron chi connectivity index (χ4n) is 3.05. The zero-order valence-electron chi connectivity index (χ0n) is 12.0. The van der Waals surface area contributed by atoms with Crippen molar-refractivity contribution in [3.8, 4) is 5.69 Å². The maximum atomic E-state index is 11.3. The van der Waals surface area contributed by atoms with Gasteiger partial charge in [0.15, 0.2) is 12.0 Å². The summed E-state index contributed by atoms with van der Waals surface area (Å²) < 4.78 is 7.51. The Morgan fingerprint density at radius 2 is 2.05 bits per heavy atom. The zero-order valence-corrected chi connectivity index (χ0v) is 12.0. The summed E-state index contributed by atoms with van der Waals surface area (Å²) in [6.07, 6.45) is 2.52. The Kier molecular flexibility index (Phi) is 3.20. The van der Waals surface area contributed by atoms with Crippen molar-refractivity contribution >= 4 is 17.1 Å². The third-order valence-corrected chi connectivity index (χ3v) is 4.07. The monoisotopic (exact) mass is 293 g/mol. The van der Waals surface area contributed by atoms with Crippen LogP contribution < -0.4 is 0 Å². The third-order valence-electron chi connectivity index (χ3n) is 4.07. The zero-order chi connectivity index (χ0) is 14.9. The van der Waals surface area contributed by atoms with E-state index in [9.17, 15) is 4.79 Å². The van der Waals surface area contributed by atoms with Gasteiger partial charge in [0.05, 0.1) is 5.69 Å². The summed E-state index contributed by atoms with van der Waals surface area (Å²) in [5.74, 6) is 0. The molecule has 1 saturated heterocycles. The number of rotatable bonds is 3. The molecule has 4 rings (SSSR count). The molecule has 1 aromatic heterocycles. The largest absolute Gasteiger partial charge is 0.372 e. The summed E-state index contributed by atoms with van der Waals surface area (Å²) in [6, 6.07) is 14.1. The maximum absolute atomic E-state index is 11.3. The highest BCUT2D eigenvalue weighted by molar-refractivity contribution is 5.90. The van der Waals surface area contributed by atoms with Crippen molar-refractivity contribution in [2.45, 2.75) is 18.9 Å². The third kappa shape index (κ3) is 2.02. The number of nitrogens with zero attached hydrogens (tertiary/aromatic N) is 3. The summed E-state index contributed by atoms with van der Waals surface area (Å²) in [6.45, 7) is 0.712.